The van der Waals surface area contributed by atoms with E-state index in [0.29, 0.717) is 30.2 Å². The number of amides is 1. The molecule has 2 aliphatic rings. The molecule has 3 heterocycles. The quantitative estimate of drug-likeness (QED) is 0.687. The molecule has 0 radical (unpaired) electrons. The summed E-state index contributed by atoms with van der Waals surface area (Å²) < 4.78 is 10.7. The molecule has 29 heavy (non-hydrogen) atoms. The van der Waals surface area contributed by atoms with Crippen molar-refractivity contribution in [1.29, 1.82) is 0 Å². The summed E-state index contributed by atoms with van der Waals surface area (Å²) >= 11 is 0. The van der Waals surface area contributed by atoms with Crippen molar-refractivity contribution in [3.05, 3.63) is 66.5 Å². The Hall–Kier alpha value is -3.61. The maximum Gasteiger partial charge on any atom is 0.254 e. The minimum Gasteiger partial charge on any atom is -0.454 e. The van der Waals surface area contributed by atoms with Gasteiger partial charge in [-0.1, -0.05) is 30.3 Å². The number of rotatable bonds is 3. The van der Waals surface area contributed by atoms with Crippen molar-refractivity contribution in [2.24, 2.45) is 0 Å². The molecular formula is C22H20N4O3. The van der Waals surface area contributed by atoms with Crippen molar-refractivity contribution >= 4 is 11.7 Å². The van der Waals surface area contributed by atoms with Crippen LogP contribution in [0, 0.1) is 0 Å². The molecule has 0 aliphatic carbocycles. The molecule has 0 unspecified atom stereocenters. The first-order valence-electron chi connectivity index (χ1n) is 9.59. The van der Waals surface area contributed by atoms with Crippen LogP contribution < -0.4 is 14.4 Å². The summed E-state index contributed by atoms with van der Waals surface area (Å²) in [4.78, 5) is 25.8. The standard InChI is InChI=1S/C22H20N4O3/c27-22(17-6-7-19-20(12-17)29-15-28-19)26-10-8-25(9-11-26)21-13-18(23-14-24-21)16-4-2-1-3-5-16/h1-7,12-14H,8-11,15H2. The number of hydrogen-bond acceptors (Lipinski definition) is 6. The van der Waals surface area contributed by atoms with E-state index < -0.39 is 0 Å². The average molecular weight is 388 g/mol. The predicted molar refractivity (Wildman–Crippen MR) is 108 cm³/mol. The number of piperazine rings is 1. The van der Waals surface area contributed by atoms with Crippen LogP contribution in [-0.2, 0) is 0 Å². The number of benzene rings is 2. The Morgan fingerprint density at radius 1 is 0.862 bits per heavy atom. The molecule has 0 bridgehead atoms. The van der Waals surface area contributed by atoms with Crippen LogP contribution in [0.15, 0.2) is 60.9 Å². The van der Waals surface area contributed by atoms with Gasteiger partial charge < -0.3 is 19.3 Å². The smallest absolute Gasteiger partial charge is 0.254 e. The van der Waals surface area contributed by atoms with Crippen molar-refractivity contribution in [1.82, 2.24) is 14.9 Å². The van der Waals surface area contributed by atoms with Crippen LogP contribution >= 0.6 is 0 Å². The lowest BCUT2D eigenvalue weighted by atomic mass is 10.1. The first-order valence-corrected chi connectivity index (χ1v) is 9.59. The van der Waals surface area contributed by atoms with Gasteiger partial charge >= 0.3 is 0 Å². The molecule has 7 nitrogen and oxygen atoms in total. The lowest BCUT2D eigenvalue weighted by molar-refractivity contribution is 0.0746. The molecule has 1 aromatic heterocycles. The molecule has 1 fully saturated rings. The van der Waals surface area contributed by atoms with Gasteiger partial charge in [0.1, 0.15) is 12.1 Å². The molecule has 0 spiro atoms. The molecular weight excluding hydrogens is 368 g/mol. The maximum absolute atomic E-state index is 12.9. The van der Waals surface area contributed by atoms with Crippen molar-refractivity contribution in [2.45, 2.75) is 0 Å². The first-order chi connectivity index (χ1) is 14.3. The van der Waals surface area contributed by atoms with Crippen LogP contribution in [0.3, 0.4) is 0 Å². The van der Waals surface area contributed by atoms with Crippen molar-refractivity contribution < 1.29 is 14.3 Å². The summed E-state index contributed by atoms with van der Waals surface area (Å²) in [6, 6.07) is 17.4. The van der Waals surface area contributed by atoms with Gasteiger partial charge in [-0.05, 0) is 18.2 Å². The molecule has 146 valence electrons. The molecule has 2 aliphatic heterocycles. The topological polar surface area (TPSA) is 67.8 Å². The third kappa shape index (κ3) is 3.47. The van der Waals surface area contributed by atoms with Gasteiger partial charge in [0.15, 0.2) is 11.5 Å². The summed E-state index contributed by atoms with van der Waals surface area (Å²) in [5, 5.41) is 0. The molecule has 3 aromatic rings. The van der Waals surface area contributed by atoms with E-state index >= 15 is 0 Å². The Morgan fingerprint density at radius 2 is 1.66 bits per heavy atom. The van der Waals surface area contributed by atoms with E-state index in [9.17, 15) is 4.79 Å². The summed E-state index contributed by atoms with van der Waals surface area (Å²) in [5.74, 6) is 2.21. The number of carbonyl (C=O) groups is 1. The molecule has 5 rings (SSSR count). The zero-order chi connectivity index (χ0) is 19.6. The second-order valence-corrected chi connectivity index (χ2v) is 6.97. The second kappa shape index (κ2) is 7.43. The van der Waals surface area contributed by atoms with Gasteiger partial charge in [0.2, 0.25) is 6.79 Å². The Balaban J connectivity index is 1.27. The lowest BCUT2D eigenvalue weighted by Crippen LogP contribution is -2.49. The number of anilines is 1. The molecule has 0 N–H and O–H groups in total. The molecule has 0 atom stereocenters. The van der Waals surface area contributed by atoms with Gasteiger partial charge in [-0.2, -0.15) is 0 Å². The fraction of sp³-hybridized carbons (Fsp3) is 0.227. The summed E-state index contributed by atoms with van der Waals surface area (Å²) in [5.41, 5.74) is 2.58. The monoisotopic (exact) mass is 388 g/mol. The van der Waals surface area contributed by atoms with Crippen LogP contribution in [0.5, 0.6) is 11.5 Å². The highest BCUT2D eigenvalue weighted by molar-refractivity contribution is 5.95. The van der Waals surface area contributed by atoms with Crippen molar-refractivity contribution in [3.63, 3.8) is 0 Å². The van der Waals surface area contributed by atoms with E-state index in [0.717, 1.165) is 30.2 Å². The first kappa shape index (κ1) is 17.5. The number of nitrogens with zero attached hydrogens (tertiary/aromatic N) is 4. The highest BCUT2D eigenvalue weighted by atomic mass is 16.7. The van der Waals surface area contributed by atoms with Gasteiger partial charge in [0.25, 0.3) is 5.91 Å². The fourth-order valence-electron chi connectivity index (χ4n) is 3.64. The largest absolute Gasteiger partial charge is 0.454 e. The van der Waals surface area contributed by atoms with E-state index in [1.165, 1.54) is 0 Å². The van der Waals surface area contributed by atoms with Gasteiger partial charge in [-0.25, -0.2) is 9.97 Å². The summed E-state index contributed by atoms with van der Waals surface area (Å²) in [6.45, 7) is 2.93. The number of ether oxygens (including phenoxy) is 2. The van der Waals surface area contributed by atoms with E-state index in [2.05, 4.69) is 14.9 Å². The van der Waals surface area contributed by atoms with Crippen molar-refractivity contribution in [3.8, 4) is 22.8 Å². The van der Waals surface area contributed by atoms with Crippen LogP contribution in [0.1, 0.15) is 10.4 Å². The Kier molecular flexibility index (Phi) is 4.48. The average Bonchev–Trinajstić information content (AvgIpc) is 3.27. The van der Waals surface area contributed by atoms with E-state index in [4.69, 9.17) is 9.47 Å². The van der Waals surface area contributed by atoms with Gasteiger partial charge in [0, 0.05) is 43.4 Å². The third-order valence-corrected chi connectivity index (χ3v) is 5.23. The van der Waals surface area contributed by atoms with E-state index in [1.807, 2.05) is 41.3 Å². The molecule has 0 saturated carbocycles. The minimum absolute atomic E-state index is 0.00983. The number of carbonyl (C=O) groups excluding carboxylic acids is 1. The zero-order valence-corrected chi connectivity index (χ0v) is 15.8. The second-order valence-electron chi connectivity index (χ2n) is 6.97. The highest BCUT2D eigenvalue weighted by Gasteiger charge is 2.25. The van der Waals surface area contributed by atoms with E-state index in [-0.39, 0.29) is 12.7 Å². The van der Waals surface area contributed by atoms with Crippen molar-refractivity contribution in [2.75, 3.05) is 37.9 Å². The molecule has 2 aromatic carbocycles. The van der Waals surface area contributed by atoms with E-state index in [1.54, 1.807) is 24.5 Å². The zero-order valence-electron chi connectivity index (χ0n) is 15.8. The lowest BCUT2D eigenvalue weighted by Gasteiger charge is -2.35. The normalized spacial score (nSPS) is 15.4. The number of hydrogen-bond donors (Lipinski definition) is 0. The maximum atomic E-state index is 12.9. The molecule has 1 saturated heterocycles. The third-order valence-electron chi connectivity index (χ3n) is 5.23. The van der Waals surface area contributed by atoms with Crippen LogP contribution in [0.4, 0.5) is 5.82 Å². The number of fused-ring (bicyclic) bond motifs is 1. The molecule has 7 heteroatoms. The minimum atomic E-state index is 0.00983. The van der Waals surface area contributed by atoms with Crippen LogP contribution in [-0.4, -0.2) is 53.7 Å². The fourth-order valence-corrected chi connectivity index (χ4v) is 3.64. The highest BCUT2D eigenvalue weighted by Crippen LogP contribution is 2.33. The van der Waals surface area contributed by atoms with Gasteiger partial charge in [-0.15, -0.1) is 0 Å². The van der Waals surface area contributed by atoms with Crippen LogP contribution in [0.2, 0.25) is 0 Å². The SMILES string of the molecule is O=C(c1ccc2c(c1)OCO2)N1CCN(c2cc(-c3ccccc3)ncn2)CC1. The Bertz CT molecular complexity index is 1030. The Morgan fingerprint density at radius 3 is 2.48 bits per heavy atom. The summed E-state index contributed by atoms with van der Waals surface area (Å²) in [6.07, 6.45) is 1.60. The number of aromatic nitrogens is 2. The van der Waals surface area contributed by atoms with Gasteiger partial charge in [-0.3, -0.25) is 4.79 Å². The summed E-state index contributed by atoms with van der Waals surface area (Å²) in [7, 11) is 0. The predicted octanol–water partition coefficient (Wildman–Crippen LogP) is 2.83. The van der Waals surface area contributed by atoms with Gasteiger partial charge in [0.05, 0.1) is 5.69 Å². The Labute approximate surface area is 168 Å². The molecule has 1 amide bonds. The van der Waals surface area contributed by atoms with Crippen LogP contribution in [0.25, 0.3) is 11.3 Å².